The first kappa shape index (κ1) is 19.5. The number of carbonyl (C=O) groups excluding carboxylic acids is 1. The number of anilines is 1. The Labute approximate surface area is 180 Å². The lowest BCUT2D eigenvalue weighted by Gasteiger charge is -2.34. The normalized spacial score (nSPS) is 19.9. The van der Waals surface area contributed by atoms with Gasteiger partial charge in [-0.25, -0.2) is 9.97 Å². The van der Waals surface area contributed by atoms with Gasteiger partial charge in [-0.2, -0.15) is 0 Å². The average molecular weight is 416 g/mol. The van der Waals surface area contributed by atoms with Crippen LogP contribution in [-0.2, 0) is 23.3 Å². The number of rotatable bonds is 4. The number of benzene rings is 2. The fourth-order valence-electron chi connectivity index (χ4n) is 4.44. The number of nitrogens with zero attached hydrogens (tertiary/aromatic N) is 3. The van der Waals surface area contributed by atoms with Crippen LogP contribution < -0.4 is 5.32 Å². The van der Waals surface area contributed by atoms with E-state index in [-0.39, 0.29) is 17.1 Å². The molecule has 0 radical (unpaired) electrons. The van der Waals surface area contributed by atoms with Gasteiger partial charge >= 0.3 is 0 Å². The predicted molar refractivity (Wildman–Crippen MR) is 116 cm³/mol. The maximum Gasteiger partial charge on any atom is 0.254 e. The lowest BCUT2D eigenvalue weighted by atomic mass is 9.80. The van der Waals surface area contributed by atoms with E-state index in [1.807, 2.05) is 29.3 Å². The summed E-state index contributed by atoms with van der Waals surface area (Å²) in [5.74, 6) is 0.589. The van der Waals surface area contributed by atoms with Crippen LogP contribution >= 0.6 is 0 Å². The highest BCUT2D eigenvalue weighted by Crippen LogP contribution is 2.39. The third-order valence-electron chi connectivity index (χ3n) is 6.03. The number of fused-ring (bicyclic) bond motifs is 2. The Balaban J connectivity index is 1.37. The number of hydrogen-bond acceptors (Lipinski definition) is 6. The quantitative estimate of drug-likeness (QED) is 0.680. The van der Waals surface area contributed by atoms with E-state index in [0.717, 1.165) is 23.2 Å². The second kappa shape index (κ2) is 8.00. The van der Waals surface area contributed by atoms with Crippen LogP contribution in [0.4, 0.5) is 5.95 Å². The number of phenolic OH excluding ortho intramolecular Hbond substituents is 1. The van der Waals surface area contributed by atoms with Gasteiger partial charge in [-0.05, 0) is 30.2 Å². The van der Waals surface area contributed by atoms with Crippen molar-refractivity contribution in [1.82, 2.24) is 14.9 Å². The maximum atomic E-state index is 13.0. The molecule has 1 saturated heterocycles. The Morgan fingerprint density at radius 2 is 2.06 bits per heavy atom. The van der Waals surface area contributed by atoms with Gasteiger partial charge in [-0.15, -0.1) is 0 Å². The van der Waals surface area contributed by atoms with Crippen molar-refractivity contribution in [2.24, 2.45) is 0 Å². The number of amides is 1. The monoisotopic (exact) mass is 416 g/mol. The van der Waals surface area contributed by atoms with E-state index in [4.69, 9.17) is 9.72 Å². The summed E-state index contributed by atoms with van der Waals surface area (Å²) in [6, 6.07) is 16.6. The summed E-state index contributed by atoms with van der Waals surface area (Å²) in [6.45, 7) is 2.80. The largest absolute Gasteiger partial charge is 0.508 e. The van der Waals surface area contributed by atoms with Gasteiger partial charge < -0.3 is 20.1 Å². The number of ether oxygens (including phenoxy) is 1. The fraction of sp³-hybridized carbons (Fsp3) is 0.292. The molecule has 7 nitrogen and oxygen atoms in total. The van der Waals surface area contributed by atoms with Crippen LogP contribution in [0.25, 0.3) is 0 Å². The average Bonchev–Trinajstić information content (AvgIpc) is 3.23. The maximum absolute atomic E-state index is 13.0. The Kier molecular flexibility index (Phi) is 5.03. The number of aromatic hydroxyl groups is 1. The minimum atomic E-state index is -0.341. The second-order valence-electron chi connectivity index (χ2n) is 8.21. The van der Waals surface area contributed by atoms with Gasteiger partial charge in [0.25, 0.3) is 5.91 Å². The van der Waals surface area contributed by atoms with Gasteiger partial charge in [-0.3, -0.25) is 4.79 Å². The van der Waals surface area contributed by atoms with Crippen molar-refractivity contribution in [3.8, 4) is 5.75 Å². The zero-order chi connectivity index (χ0) is 21.3. The Morgan fingerprint density at radius 1 is 1.19 bits per heavy atom. The third-order valence-corrected chi connectivity index (χ3v) is 6.03. The van der Waals surface area contributed by atoms with Crippen molar-refractivity contribution >= 4 is 11.9 Å². The molecule has 2 aliphatic rings. The minimum absolute atomic E-state index is 0.0867. The molecule has 5 rings (SSSR count). The lowest BCUT2D eigenvalue weighted by Crippen LogP contribution is -2.41. The molecule has 1 fully saturated rings. The summed E-state index contributed by atoms with van der Waals surface area (Å²) in [4.78, 5) is 24.1. The van der Waals surface area contributed by atoms with Gasteiger partial charge in [0.05, 0.1) is 24.3 Å². The molecule has 1 aromatic heterocycles. The van der Waals surface area contributed by atoms with E-state index >= 15 is 0 Å². The summed E-state index contributed by atoms with van der Waals surface area (Å²) in [6.07, 6.45) is 2.61. The highest BCUT2D eigenvalue weighted by Gasteiger charge is 2.46. The molecule has 1 spiro atoms. The topological polar surface area (TPSA) is 87.6 Å². The van der Waals surface area contributed by atoms with Crippen molar-refractivity contribution in [2.75, 3.05) is 25.0 Å². The zero-order valence-corrected chi connectivity index (χ0v) is 17.1. The van der Waals surface area contributed by atoms with Crippen LogP contribution in [-0.4, -0.2) is 45.6 Å². The molecule has 1 amide bonds. The van der Waals surface area contributed by atoms with E-state index in [0.29, 0.717) is 44.4 Å². The van der Waals surface area contributed by atoms with Crippen LogP contribution in [0.1, 0.15) is 33.6 Å². The van der Waals surface area contributed by atoms with E-state index in [9.17, 15) is 9.90 Å². The summed E-state index contributed by atoms with van der Waals surface area (Å²) in [5.41, 5.74) is 3.25. The number of aromatic nitrogens is 2. The molecule has 3 aromatic rings. The number of likely N-dealkylation sites (tertiary alicyclic amines) is 1. The Bertz CT molecular complexity index is 1100. The smallest absolute Gasteiger partial charge is 0.254 e. The van der Waals surface area contributed by atoms with Crippen LogP contribution in [0.2, 0.25) is 0 Å². The molecule has 0 aliphatic carbocycles. The summed E-state index contributed by atoms with van der Waals surface area (Å²) >= 11 is 0. The van der Waals surface area contributed by atoms with Crippen LogP contribution in [0, 0.1) is 0 Å². The third kappa shape index (κ3) is 3.84. The van der Waals surface area contributed by atoms with Crippen molar-refractivity contribution in [3.05, 3.63) is 83.2 Å². The van der Waals surface area contributed by atoms with Gasteiger partial charge in [0.15, 0.2) is 0 Å². The number of phenols is 1. The predicted octanol–water partition coefficient (Wildman–Crippen LogP) is 3.11. The molecule has 2 aromatic carbocycles. The van der Waals surface area contributed by atoms with Gasteiger partial charge in [0.2, 0.25) is 5.95 Å². The first-order chi connectivity index (χ1) is 15.1. The van der Waals surface area contributed by atoms with E-state index in [1.165, 1.54) is 6.07 Å². The molecular formula is C24H24N4O3. The number of carbonyl (C=O) groups is 1. The van der Waals surface area contributed by atoms with Crippen LogP contribution in [0.5, 0.6) is 5.75 Å². The standard InChI is InChI=1S/C24H24N4O3/c29-20-8-4-7-18(11-20)22(30)28-10-9-24(15-28)16-31-14-19-13-26-23(27-21(19)24)25-12-17-5-2-1-3-6-17/h1-8,11,13,29H,9-10,12,14-16H2,(H,25,26,27)/t24-/m0/s1. The van der Waals surface area contributed by atoms with Gasteiger partial charge in [-0.1, -0.05) is 36.4 Å². The lowest BCUT2D eigenvalue weighted by molar-refractivity contribution is 0.0485. The molecule has 31 heavy (non-hydrogen) atoms. The summed E-state index contributed by atoms with van der Waals surface area (Å²) in [7, 11) is 0. The Hall–Kier alpha value is -3.45. The van der Waals surface area contributed by atoms with Crippen LogP contribution in [0.3, 0.4) is 0 Å². The fourth-order valence-corrected chi connectivity index (χ4v) is 4.44. The van der Waals surface area contributed by atoms with Crippen molar-refractivity contribution in [1.29, 1.82) is 0 Å². The zero-order valence-electron chi connectivity index (χ0n) is 17.1. The minimum Gasteiger partial charge on any atom is -0.508 e. The van der Waals surface area contributed by atoms with E-state index < -0.39 is 0 Å². The molecular weight excluding hydrogens is 392 g/mol. The van der Waals surface area contributed by atoms with Gasteiger partial charge in [0, 0.05) is 37.0 Å². The molecule has 1 atom stereocenters. The van der Waals surface area contributed by atoms with Gasteiger partial charge in [0.1, 0.15) is 5.75 Å². The summed E-state index contributed by atoms with van der Waals surface area (Å²) in [5, 5.41) is 13.0. The molecule has 158 valence electrons. The first-order valence-electron chi connectivity index (χ1n) is 10.4. The molecule has 0 saturated carbocycles. The van der Waals surface area contributed by atoms with Crippen LogP contribution in [0.15, 0.2) is 60.8 Å². The molecule has 0 bridgehead atoms. The Morgan fingerprint density at radius 3 is 2.90 bits per heavy atom. The van der Waals surface area contributed by atoms with Crippen molar-refractivity contribution in [2.45, 2.75) is 25.0 Å². The molecule has 2 aliphatic heterocycles. The second-order valence-corrected chi connectivity index (χ2v) is 8.21. The highest BCUT2D eigenvalue weighted by molar-refractivity contribution is 5.94. The SMILES string of the molecule is O=C(c1cccc(O)c1)N1CC[C@@]2(COCc3cnc(NCc4ccccc4)nc32)C1. The van der Waals surface area contributed by atoms with E-state index in [2.05, 4.69) is 22.4 Å². The van der Waals surface area contributed by atoms with E-state index in [1.54, 1.807) is 18.2 Å². The van der Waals surface area contributed by atoms with Crippen molar-refractivity contribution < 1.29 is 14.6 Å². The molecule has 0 unspecified atom stereocenters. The first-order valence-corrected chi connectivity index (χ1v) is 10.4. The summed E-state index contributed by atoms with van der Waals surface area (Å²) < 4.78 is 5.88. The molecule has 2 N–H and O–H groups in total. The highest BCUT2D eigenvalue weighted by atomic mass is 16.5. The van der Waals surface area contributed by atoms with Crippen molar-refractivity contribution in [3.63, 3.8) is 0 Å². The molecule has 7 heteroatoms. The molecule has 3 heterocycles. The number of hydrogen-bond donors (Lipinski definition) is 2. The number of nitrogens with one attached hydrogen (secondary N) is 1.